The van der Waals surface area contributed by atoms with E-state index in [1.54, 1.807) is 24.6 Å². The number of benzene rings is 2. The Hall–Kier alpha value is -2.72. The summed E-state index contributed by atoms with van der Waals surface area (Å²) in [4.78, 5) is 9.07. The molecule has 0 aliphatic rings. The molecule has 0 aliphatic heterocycles. The molecule has 160 valence electrons. The molecular weight excluding hydrogens is 519 g/mol. The standard InChI is InChI=1S/C23H24N6S.HI/c1-24-23(26-15-21-17-30-22(28-21)18-8-3-2-4-9-18)25-14-19-10-5-6-11-20(19)16-29-13-7-12-27-29;/h2-13,17H,14-16H2,1H3,(H2,24,25,26);1H. The quantitative estimate of drug-likeness (QED) is 0.204. The zero-order valence-corrected chi connectivity index (χ0v) is 20.4. The summed E-state index contributed by atoms with van der Waals surface area (Å²) < 4.78 is 1.93. The third kappa shape index (κ3) is 6.38. The predicted octanol–water partition coefficient (Wildman–Crippen LogP) is 4.54. The van der Waals surface area contributed by atoms with Gasteiger partial charge in [-0.15, -0.1) is 35.3 Å². The van der Waals surface area contributed by atoms with E-state index in [1.807, 2.05) is 35.1 Å². The second-order valence-electron chi connectivity index (χ2n) is 6.76. The third-order valence-corrected chi connectivity index (χ3v) is 5.63. The molecule has 2 N–H and O–H groups in total. The highest BCUT2D eigenvalue weighted by molar-refractivity contribution is 14.0. The fraction of sp³-hybridized carbons (Fsp3) is 0.174. The van der Waals surface area contributed by atoms with Gasteiger partial charge in [-0.2, -0.15) is 5.10 Å². The van der Waals surface area contributed by atoms with Crippen molar-refractivity contribution in [1.82, 2.24) is 25.4 Å². The van der Waals surface area contributed by atoms with Gasteiger partial charge >= 0.3 is 0 Å². The van der Waals surface area contributed by atoms with E-state index in [-0.39, 0.29) is 24.0 Å². The van der Waals surface area contributed by atoms with Crippen LogP contribution in [0.5, 0.6) is 0 Å². The van der Waals surface area contributed by atoms with Crippen molar-refractivity contribution >= 4 is 41.3 Å². The molecular formula is C23H25IN6S. The summed E-state index contributed by atoms with van der Waals surface area (Å²) in [7, 11) is 1.78. The number of aliphatic imine (C=N–C) groups is 1. The summed E-state index contributed by atoms with van der Waals surface area (Å²) in [5, 5.41) is 14.2. The largest absolute Gasteiger partial charge is 0.352 e. The molecule has 0 unspecified atom stereocenters. The Morgan fingerprint density at radius 3 is 2.45 bits per heavy atom. The molecule has 0 radical (unpaired) electrons. The maximum atomic E-state index is 4.72. The van der Waals surface area contributed by atoms with E-state index in [9.17, 15) is 0 Å². The smallest absolute Gasteiger partial charge is 0.191 e. The van der Waals surface area contributed by atoms with Crippen LogP contribution in [0.4, 0.5) is 0 Å². The number of nitrogens with zero attached hydrogens (tertiary/aromatic N) is 4. The van der Waals surface area contributed by atoms with Crippen molar-refractivity contribution in [2.45, 2.75) is 19.6 Å². The van der Waals surface area contributed by atoms with Gasteiger partial charge in [0.2, 0.25) is 0 Å². The highest BCUT2D eigenvalue weighted by Crippen LogP contribution is 2.23. The minimum atomic E-state index is 0. The predicted molar refractivity (Wildman–Crippen MR) is 138 cm³/mol. The maximum Gasteiger partial charge on any atom is 0.191 e. The maximum absolute atomic E-state index is 4.72. The van der Waals surface area contributed by atoms with Crippen LogP contribution in [0.25, 0.3) is 10.6 Å². The summed E-state index contributed by atoms with van der Waals surface area (Å²) in [6.45, 7) is 2.05. The number of rotatable bonds is 7. The van der Waals surface area contributed by atoms with Gasteiger partial charge < -0.3 is 10.6 Å². The molecule has 0 saturated carbocycles. The minimum Gasteiger partial charge on any atom is -0.352 e. The Morgan fingerprint density at radius 2 is 1.71 bits per heavy atom. The lowest BCUT2D eigenvalue weighted by Gasteiger charge is -2.14. The molecule has 2 aromatic carbocycles. The molecule has 0 aliphatic carbocycles. The third-order valence-electron chi connectivity index (χ3n) is 4.69. The van der Waals surface area contributed by atoms with E-state index in [1.165, 1.54) is 11.1 Å². The molecule has 0 atom stereocenters. The van der Waals surface area contributed by atoms with Crippen LogP contribution >= 0.6 is 35.3 Å². The molecule has 6 nitrogen and oxygen atoms in total. The van der Waals surface area contributed by atoms with Crippen LogP contribution < -0.4 is 10.6 Å². The number of thiazole rings is 1. The van der Waals surface area contributed by atoms with Gasteiger partial charge in [0.15, 0.2) is 5.96 Å². The van der Waals surface area contributed by atoms with Crippen molar-refractivity contribution in [3.05, 3.63) is 95.3 Å². The molecule has 0 saturated heterocycles. The van der Waals surface area contributed by atoms with Gasteiger partial charge in [0.25, 0.3) is 0 Å². The molecule has 0 amide bonds. The van der Waals surface area contributed by atoms with E-state index < -0.39 is 0 Å². The van der Waals surface area contributed by atoms with Gasteiger partial charge in [-0.3, -0.25) is 9.67 Å². The molecule has 0 spiro atoms. The fourth-order valence-electron chi connectivity index (χ4n) is 3.13. The molecule has 2 heterocycles. The molecule has 0 bridgehead atoms. The van der Waals surface area contributed by atoms with Crippen LogP contribution in [0.1, 0.15) is 16.8 Å². The SMILES string of the molecule is CN=C(NCc1csc(-c2ccccc2)n1)NCc1ccccc1Cn1cccn1.I. The number of hydrogen-bond donors (Lipinski definition) is 2. The van der Waals surface area contributed by atoms with Crippen molar-refractivity contribution < 1.29 is 0 Å². The van der Waals surface area contributed by atoms with E-state index in [4.69, 9.17) is 4.98 Å². The fourth-order valence-corrected chi connectivity index (χ4v) is 3.95. The first-order chi connectivity index (χ1) is 14.8. The summed E-state index contributed by atoms with van der Waals surface area (Å²) in [5.74, 6) is 0.748. The number of aromatic nitrogens is 3. The molecule has 31 heavy (non-hydrogen) atoms. The summed E-state index contributed by atoms with van der Waals surface area (Å²) in [6, 6.07) is 20.6. The second kappa shape index (κ2) is 11.6. The lowest BCUT2D eigenvalue weighted by atomic mass is 10.1. The normalized spacial score (nSPS) is 11.1. The van der Waals surface area contributed by atoms with Crippen LogP contribution in [-0.2, 0) is 19.6 Å². The van der Waals surface area contributed by atoms with Crippen molar-refractivity contribution in [2.24, 2.45) is 4.99 Å². The van der Waals surface area contributed by atoms with Gasteiger partial charge in [-0.05, 0) is 17.2 Å². The molecule has 0 fully saturated rings. The first-order valence-electron chi connectivity index (χ1n) is 9.80. The van der Waals surface area contributed by atoms with E-state index in [0.29, 0.717) is 13.1 Å². The van der Waals surface area contributed by atoms with Crippen LogP contribution in [0, 0.1) is 0 Å². The van der Waals surface area contributed by atoms with Crippen molar-refractivity contribution in [3.63, 3.8) is 0 Å². The van der Waals surface area contributed by atoms with Gasteiger partial charge in [-0.25, -0.2) is 4.98 Å². The zero-order chi connectivity index (χ0) is 20.6. The Bertz CT molecular complexity index is 1090. The zero-order valence-electron chi connectivity index (χ0n) is 17.2. The first kappa shape index (κ1) is 23.0. The topological polar surface area (TPSA) is 67.1 Å². The second-order valence-corrected chi connectivity index (χ2v) is 7.62. The molecule has 4 rings (SSSR count). The molecule has 8 heteroatoms. The summed E-state index contributed by atoms with van der Waals surface area (Å²) >= 11 is 1.66. The Kier molecular flexibility index (Phi) is 8.60. The lowest BCUT2D eigenvalue weighted by Crippen LogP contribution is -2.36. The van der Waals surface area contributed by atoms with Gasteiger partial charge in [0.05, 0.1) is 18.8 Å². The number of nitrogens with one attached hydrogen (secondary N) is 2. The van der Waals surface area contributed by atoms with Crippen molar-refractivity contribution in [1.29, 1.82) is 0 Å². The first-order valence-corrected chi connectivity index (χ1v) is 10.7. The van der Waals surface area contributed by atoms with Gasteiger partial charge in [0, 0.05) is 36.9 Å². The van der Waals surface area contributed by atoms with Gasteiger partial charge in [0.1, 0.15) is 5.01 Å². The monoisotopic (exact) mass is 544 g/mol. The van der Waals surface area contributed by atoms with Crippen molar-refractivity contribution in [2.75, 3.05) is 7.05 Å². The lowest BCUT2D eigenvalue weighted by molar-refractivity contribution is 0.677. The van der Waals surface area contributed by atoms with E-state index in [0.717, 1.165) is 28.8 Å². The van der Waals surface area contributed by atoms with Crippen LogP contribution in [0.15, 0.2) is 83.4 Å². The average molecular weight is 544 g/mol. The highest BCUT2D eigenvalue weighted by atomic mass is 127. The van der Waals surface area contributed by atoms with E-state index in [2.05, 4.69) is 62.5 Å². The highest BCUT2D eigenvalue weighted by Gasteiger charge is 2.07. The summed E-state index contributed by atoms with van der Waals surface area (Å²) in [6.07, 6.45) is 3.77. The minimum absolute atomic E-state index is 0. The van der Waals surface area contributed by atoms with Crippen LogP contribution in [0.2, 0.25) is 0 Å². The number of guanidine groups is 1. The van der Waals surface area contributed by atoms with Crippen LogP contribution in [0.3, 0.4) is 0 Å². The van der Waals surface area contributed by atoms with Gasteiger partial charge in [-0.1, -0.05) is 54.6 Å². The average Bonchev–Trinajstić information content (AvgIpc) is 3.48. The number of hydrogen-bond acceptors (Lipinski definition) is 4. The summed E-state index contributed by atoms with van der Waals surface area (Å²) in [5.41, 5.74) is 4.60. The van der Waals surface area contributed by atoms with Crippen LogP contribution in [-0.4, -0.2) is 27.8 Å². The Balaban J connectivity index is 0.00000272. The molecule has 4 aromatic rings. The Morgan fingerprint density at radius 1 is 0.968 bits per heavy atom. The van der Waals surface area contributed by atoms with E-state index >= 15 is 0 Å². The number of halogens is 1. The van der Waals surface area contributed by atoms with Crippen molar-refractivity contribution in [3.8, 4) is 10.6 Å². The molecule has 2 aromatic heterocycles. The Labute approximate surface area is 203 Å².